The quantitative estimate of drug-likeness (QED) is 0.920. The van der Waals surface area contributed by atoms with Crippen LogP contribution in [0.25, 0.3) is 0 Å². The molecule has 0 aromatic heterocycles. The van der Waals surface area contributed by atoms with Crippen molar-refractivity contribution in [1.82, 2.24) is 15.1 Å². The van der Waals surface area contributed by atoms with Crippen LogP contribution in [0.3, 0.4) is 0 Å². The van der Waals surface area contributed by atoms with E-state index in [-0.39, 0.29) is 11.8 Å². The van der Waals surface area contributed by atoms with Crippen LogP contribution in [-0.2, 0) is 4.79 Å². The molecule has 1 aromatic rings. The Labute approximate surface area is 132 Å². The summed E-state index contributed by atoms with van der Waals surface area (Å²) in [6.07, 6.45) is 0. The maximum absolute atomic E-state index is 12.3. The summed E-state index contributed by atoms with van der Waals surface area (Å²) in [5, 5.41) is 3.53. The number of aryl methyl sites for hydroxylation is 1. The van der Waals surface area contributed by atoms with Crippen molar-refractivity contribution in [3.8, 4) is 0 Å². The van der Waals surface area contributed by atoms with E-state index in [2.05, 4.69) is 22.2 Å². The fraction of sp³-hybridized carbons (Fsp3) is 0.562. The zero-order valence-electron chi connectivity index (χ0n) is 13.0. The number of amides is 1. The highest BCUT2D eigenvalue weighted by Gasteiger charge is 2.24. The molecule has 1 aliphatic heterocycles. The van der Waals surface area contributed by atoms with Gasteiger partial charge in [0.25, 0.3) is 0 Å². The first-order valence-electron chi connectivity index (χ1n) is 7.40. The maximum atomic E-state index is 12.3. The van der Waals surface area contributed by atoms with Crippen LogP contribution in [0, 0.1) is 6.92 Å². The Hall–Kier alpha value is -1.10. The van der Waals surface area contributed by atoms with Crippen LogP contribution >= 0.6 is 11.6 Å². The summed E-state index contributed by atoms with van der Waals surface area (Å²) in [7, 11) is 3.83. The molecule has 0 aliphatic carbocycles. The van der Waals surface area contributed by atoms with Crippen LogP contribution in [0.1, 0.15) is 17.0 Å². The molecule has 0 radical (unpaired) electrons. The van der Waals surface area contributed by atoms with E-state index < -0.39 is 0 Å². The third kappa shape index (κ3) is 4.19. The highest BCUT2D eigenvalue weighted by atomic mass is 35.5. The van der Waals surface area contributed by atoms with Gasteiger partial charge in [0.05, 0.1) is 5.92 Å². The Morgan fingerprint density at radius 3 is 2.57 bits per heavy atom. The fourth-order valence-electron chi connectivity index (χ4n) is 2.69. The lowest BCUT2D eigenvalue weighted by atomic mass is 9.95. The zero-order chi connectivity index (χ0) is 15.4. The molecule has 21 heavy (non-hydrogen) atoms. The second-order valence-corrected chi connectivity index (χ2v) is 6.19. The lowest BCUT2D eigenvalue weighted by Gasteiger charge is -2.34. The molecule has 0 bridgehead atoms. The van der Waals surface area contributed by atoms with Gasteiger partial charge in [0.2, 0.25) is 5.91 Å². The van der Waals surface area contributed by atoms with Crippen molar-refractivity contribution < 1.29 is 4.79 Å². The van der Waals surface area contributed by atoms with Crippen LogP contribution in [0.15, 0.2) is 18.2 Å². The molecule has 116 valence electrons. The monoisotopic (exact) mass is 309 g/mol. The van der Waals surface area contributed by atoms with E-state index in [0.717, 1.165) is 48.9 Å². The van der Waals surface area contributed by atoms with E-state index in [4.69, 9.17) is 11.6 Å². The molecule has 1 atom stereocenters. The summed E-state index contributed by atoms with van der Waals surface area (Å²) >= 11 is 6.09. The average molecular weight is 310 g/mol. The van der Waals surface area contributed by atoms with Gasteiger partial charge in [-0.3, -0.25) is 9.69 Å². The number of hydrogen-bond acceptors (Lipinski definition) is 3. The lowest BCUT2D eigenvalue weighted by molar-refractivity contribution is -0.122. The van der Waals surface area contributed by atoms with E-state index in [1.165, 1.54) is 0 Å². The van der Waals surface area contributed by atoms with Gasteiger partial charge in [-0.05, 0) is 31.2 Å². The number of piperazine rings is 1. The topological polar surface area (TPSA) is 35.6 Å². The second-order valence-electron chi connectivity index (χ2n) is 5.78. The molecule has 1 fully saturated rings. The van der Waals surface area contributed by atoms with Crippen LogP contribution in [-0.4, -0.2) is 62.5 Å². The summed E-state index contributed by atoms with van der Waals surface area (Å²) in [5.74, 6) is -0.0787. The number of rotatable bonds is 4. The van der Waals surface area contributed by atoms with Crippen molar-refractivity contribution in [2.45, 2.75) is 12.8 Å². The molecule has 1 amide bonds. The third-order valence-corrected chi connectivity index (χ3v) is 4.61. The van der Waals surface area contributed by atoms with Gasteiger partial charge in [-0.1, -0.05) is 23.7 Å². The summed E-state index contributed by atoms with van der Waals surface area (Å²) in [6, 6.07) is 5.87. The molecule has 4 nitrogen and oxygen atoms in total. The summed E-state index contributed by atoms with van der Waals surface area (Å²) in [6.45, 7) is 6.87. The molecule has 0 saturated carbocycles. The molecule has 0 spiro atoms. The number of carbonyl (C=O) groups excluding carboxylic acids is 1. The van der Waals surface area contributed by atoms with E-state index in [1.54, 1.807) is 7.05 Å². The van der Waals surface area contributed by atoms with Crippen molar-refractivity contribution >= 4 is 17.5 Å². The Morgan fingerprint density at radius 1 is 1.33 bits per heavy atom. The fourth-order valence-corrected chi connectivity index (χ4v) is 2.80. The van der Waals surface area contributed by atoms with Gasteiger partial charge in [-0.25, -0.2) is 0 Å². The van der Waals surface area contributed by atoms with Gasteiger partial charge in [-0.2, -0.15) is 0 Å². The van der Waals surface area contributed by atoms with Crippen LogP contribution in [0.2, 0.25) is 5.02 Å². The van der Waals surface area contributed by atoms with Crippen molar-refractivity contribution in [2.75, 3.05) is 46.8 Å². The molecule has 2 rings (SSSR count). The Balaban J connectivity index is 2.14. The number of hydrogen-bond donors (Lipinski definition) is 1. The zero-order valence-corrected chi connectivity index (χ0v) is 13.8. The SMILES string of the molecule is CNC(=O)[C@H](CN1CCN(C)CC1)c1ccc(Cl)c(C)c1. The molecule has 1 aromatic carbocycles. The molecule has 0 unspecified atom stereocenters. The van der Waals surface area contributed by atoms with E-state index in [0.29, 0.717) is 0 Å². The number of benzene rings is 1. The van der Waals surface area contributed by atoms with E-state index in [9.17, 15) is 4.79 Å². The Morgan fingerprint density at radius 2 is 2.00 bits per heavy atom. The van der Waals surface area contributed by atoms with Crippen LogP contribution in [0.5, 0.6) is 0 Å². The molecule has 1 heterocycles. The van der Waals surface area contributed by atoms with Gasteiger partial charge < -0.3 is 10.2 Å². The van der Waals surface area contributed by atoms with Gasteiger partial charge in [0.15, 0.2) is 0 Å². The maximum Gasteiger partial charge on any atom is 0.228 e. The molecular formula is C16H24ClN3O. The average Bonchev–Trinajstić information content (AvgIpc) is 2.49. The minimum Gasteiger partial charge on any atom is -0.359 e. The lowest BCUT2D eigenvalue weighted by Crippen LogP contribution is -2.47. The first kappa shape index (κ1) is 16.3. The standard InChI is InChI=1S/C16H24ClN3O/c1-12-10-13(4-5-15(12)17)14(16(21)18-2)11-20-8-6-19(3)7-9-20/h4-5,10,14H,6-9,11H2,1-3H3,(H,18,21)/t14-/m1/s1. The van der Waals surface area contributed by atoms with E-state index in [1.807, 2.05) is 25.1 Å². The normalized spacial score (nSPS) is 18.5. The van der Waals surface area contributed by atoms with Crippen molar-refractivity contribution in [1.29, 1.82) is 0 Å². The number of nitrogens with zero attached hydrogens (tertiary/aromatic N) is 2. The molecule has 1 N–H and O–H groups in total. The number of nitrogens with one attached hydrogen (secondary N) is 1. The minimum absolute atomic E-state index is 0.0654. The number of carbonyl (C=O) groups is 1. The van der Waals surface area contributed by atoms with Gasteiger partial charge in [0.1, 0.15) is 0 Å². The first-order valence-corrected chi connectivity index (χ1v) is 7.77. The van der Waals surface area contributed by atoms with Crippen molar-refractivity contribution in [2.24, 2.45) is 0 Å². The molecule has 5 heteroatoms. The third-order valence-electron chi connectivity index (χ3n) is 4.18. The summed E-state index contributed by atoms with van der Waals surface area (Å²) in [4.78, 5) is 16.9. The summed E-state index contributed by atoms with van der Waals surface area (Å²) in [5.41, 5.74) is 2.05. The summed E-state index contributed by atoms with van der Waals surface area (Å²) < 4.78 is 0. The number of likely N-dealkylation sites (N-methyl/N-ethyl adjacent to an activating group) is 2. The largest absolute Gasteiger partial charge is 0.359 e. The van der Waals surface area contributed by atoms with Gasteiger partial charge in [0, 0.05) is 44.8 Å². The van der Waals surface area contributed by atoms with Crippen molar-refractivity contribution in [3.05, 3.63) is 34.3 Å². The minimum atomic E-state index is -0.144. The van der Waals surface area contributed by atoms with Crippen LogP contribution < -0.4 is 5.32 Å². The highest BCUT2D eigenvalue weighted by molar-refractivity contribution is 6.31. The first-order chi connectivity index (χ1) is 10.0. The smallest absolute Gasteiger partial charge is 0.228 e. The Bertz CT molecular complexity index is 498. The Kier molecular flexibility index (Phi) is 5.62. The predicted octanol–water partition coefficient (Wildman–Crippen LogP) is 1.73. The van der Waals surface area contributed by atoms with E-state index >= 15 is 0 Å². The van der Waals surface area contributed by atoms with Gasteiger partial charge >= 0.3 is 0 Å². The molecule has 1 saturated heterocycles. The molecular weight excluding hydrogens is 286 g/mol. The van der Waals surface area contributed by atoms with Crippen molar-refractivity contribution in [3.63, 3.8) is 0 Å². The van der Waals surface area contributed by atoms with Gasteiger partial charge in [-0.15, -0.1) is 0 Å². The predicted molar refractivity (Wildman–Crippen MR) is 86.9 cm³/mol. The number of halogens is 1. The highest BCUT2D eigenvalue weighted by Crippen LogP contribution is 2.23. The molecule has 1 aliphatic rings. The second kappa shape index (κ2) is 7.25. The van der Waals surface area contributed by atoms with Crippen LogP contribution in [0.4, 0.5) is 0 Å².